The fourth-order valence-electron chi connectivity index (χ4n) is 2.15. The third kappa shape index (κ3) is 6.12. The highest BCUT2D eigenvalue weighted by atomic mass is 32.2. The van der Waals surface area contributed by atoms with Crippen LogP contribution in [0.2, 0.25) is 0 Å². The summed E-state index contributed by atoms with van der Waals surface area (Å²) < 4.78 is 0. The van der Waals surface area contributed by atoms with Crippen molar-refractivity contribution in [3.05, 3.63) is 71.1 Å². The van der Waals surface area contributed by atoms with Crippen LogP contribution in [0.3, 0.4) is 0 Å². The van der Waals surface area contributed by atoms with Gasteiger partial charge in [-0.1, -0.05) is 42.1 Å². The number of carbonyl (C=O) groups is 2. The molecule has 2 rings (SSSR count). The van der Waals surface area contributed by atoms with Gasteiger partial charge in [-0.2, -0.15) is 0 Å². The molecule has 2 aromatic rings. The summed E-state index contributed by atoms with van der Waals surface area (Å²) in [7, 11) is 1.61. The zero-order valence-corrected chi connectivity index (χ0v) is 15.5. The maximum Gasteiger partial charge on any atom is 0.247 e. The molecule has 0 aliphatic carbocycles. The van der Waals surface area contributed by atoms with Crippen LogP contribution >= 0.6 is 11.8 Å². The Morgan fingerprint density at radius 1 is 1.12 bits per heavy atom. The molecule has 0 radical (unpaired) electrons. The number of amides is 2. The van der Waals surface area contributed by atoms with Crippen LogP contribution in [0.15, 0.2) is 64.9 Å². The van der Waals surface area contributed by atoms with E-state index in [2.05, 4.69) is 5.32 Å². The van der Waals surface area contributed by atoms with Crippen molar-refractivity contribution in [1.29, 1.82) is 0 Å². The van der Waals surface area contributed by atoms with Crippen molar-refractivity contribution in [2.24, 2.45) is 0 Å². The first-order valence-electron chi connectivity index (χ1n) is 7.96. The van der Waals surface area contributed by atoms with Gasteiger partial charge in [0.15, 0.2) is 0 Å². The van der Waals surface area contributed by atoms with Crippen molar-refractivity contribution in [2.45, 2.75) is 18.7 Å². The van der Waals surface area contributed by atoms with Crippen molar-refractivity contribution in [1.82, 2.24) is 4.90 Å². The number of anilines is 1. The van der Waals surface area contributed by atoms with Crippen molar-refractivity contribution in [3.63, 3.8) is 0 Å². The van der Waals surface area contributed by atoms with Crippen LogP contribution in [0.4, 0.5) is 5.69 Å². The fourth-order valence-corrected chi connectivity index (χ4v) is 2.81. The number of rotatable bonds is 6. The van der Waals surface area contributed by atoms with Gasteiger partial charge >= 0.3 is 0 Å². The minimum absolute atomic E-state index is 0.00651. The topological polar surface area (TPSA) is 49.4 Å². The molecule has 0 aliphatic rings. The third-order valence-electron chi connectivity index (χ3n) is 3.58. The molecule has 5 heteroatoms. The summed E-state index contributed by atoms with van der Waals surface area (Å²) in [5.74, 6) is -0.423. The summed E-state index contributed by atoms with van der Waals surface area (Å²) in [4.78, 5) is 26.7. The van der Waals surface area contributed by atoms with Crippen molar-refractivity contribution < 1.29 is 9.59 Å². The lowest BCUT2D eigenvalue weighted by atomic mass is 10.1. The second kappa shape index (κ2) is 9.08. The predicted molar refractivity (Wildman–Crippen MR) is 104 cm³/mol. The van der Waals surface area contributed by atoms with E-state index >= 15 is 0 Å². The minimum atomic E-state index is -0.214. The van der Waals surface area contributed by atoms with Gasteiger partial charge in [-0.05, 0) is 48.6 Å². The summed E-state index contributed by atoms with van der Waals surface area (Å²) in [6, 6.07) is 15.7. The average molecular weight is 354 g/mol. The van der Waals surface area contributed by atoms with Gasteiger partial charge in [0.05, 0.1) is 6.54 Å². The molecule has 0 heterocycles. The van der Waals surface area contributed by atoms with E-state index in [1.165, 1.54) is 22.7 Å². The lowest BCUT2D eigenvalue weighted by Crippen LogP contribution is -2.34. The number of benzene rings is 2. The second-order valence-electron chi connectivity index (χ2n) is 5.79. The number of carbonyl (C=O) groups excluding carboxylic acids is 2. The molecule has 0 atom stereocenters. The molecule has 2 aromatic carbocycles. The van der Waals surface area contributed by atoms with Crippen LogP contribution in [-0.4, -0.2) is 30.3 Å². The Morgan fingerprint density at radius 2 is 1.84 bits per heavy atom. The van der Waals surface area contributed by atoms with Gasteiger partial charge in [0.25, 0.3) is 0 Å². The Balaban J connectivity index is 1.85. The lowest BCUT2D eigenvalue weighted by molar-refractivity contribution is -0.129. The molecule has 0 saturated carbocycles. The Bertz CT molecular complexity index is 773. The number of thioether (sulfide) groups is 1. The van der Waals surface area contributed by atoms with Gasteiger partial charge in [0.1, 0.15) is 0 Å². The zero-order chi connectivity index (χ0) is 18.2. The van der Waals surface area contributed by atoms with Gasteiger partial charge in [-0.15, -0.1) is 0 Å². The molecule has 0 bridgehead atoms. The Hall–Kier alpha value is -2.53. The smallest absolute Gasteiger partial charge is 0.247 e. The van der Waals surface area contributed by atoms with Crippen molar-refractivity contribution in [2.75, 3.05) is 18.9 Å². The maximum absolute atomic E-state index is 12.2. The molecular weight excluding hydrogens is 332 g/mol. The average Bonchev–Trinajstić information content (AvgIpc) is 2.59. The van der Waals surface area contributed by atoms with Gasteiger partial charge in [-0.3, -0.25) is 9.59 Å². The summed E-state index contributed by atoms with van der Waals surface area (Å²) >= 11 is 1.46. The highest BCUT2D eigenvalue weighted by Gasteiger charge is 2.11. The minimum Gasteiger partial charge on any atom is -0.333 e. The van der Waals surface area contributed by atoms with Crippen LogP contribution in [0.25, 0.3) is 0 Å². The van der Waals surface area contributed by atoms with Gasteiger partial charge < -0.3 is 10.2 Å². The zero-order valence-electron chi connectivity index (χ0n) is 14.7. The lowest BCUT2D eigenvalue weighted by Gasteiger charge is -2.16. The first kappa shape index (κ1) is 18.8. The molecule has 0 fully saturated rings. The van der Waals surface area contributed by atoms with Crippen LogP contribution in [-0.2, 0) is 9.59 Å². The van der Waals surface area contributed by atoms with E-state index in [0.717, 1.165) is 21.7 Å². The maximum atomic E-state index is 12.2. The fraction of sp³-hybridized carbons (Fsp3) is 0.200. The first-order chi connectivity index (χ1) is 12.0. The largest absolute Gasteiger partial charge is 0.333 e. The number of nitrogens with zero attached hydrogens (tertiary/aromatic N) is 1. The number of aryl methyl sites for hydroxylation is 2. The highest BCUT2D eigenvalue weighted by Crippen LogP contribution is 2.18. The standard InChI is InChI=1S/C20H22N2O2S/c1-15-9-10-16(2)18(13-15)21-19(23)14-22(3)20(24)11-12-25-17-7-5-4-6-8-17/h4-13H,14H2,1-3H3,(H,21,23)/b12-11+. The summed E-state index contributed by atoms with van der Waals surface area (Å²) in [5.41, 5.74) is 2.85. The summed E-state index contributed by atoms with van der Waals surface area (Å²) in [6.45, 7) is 3.92. The number of hydrogen-bond acceptors (Lipinski definition) is 3. The van der Waals surface area contributed by atoms with Crippen molar-refractivity contribution >= 4 is 29.3 Å². The second-order valence-corrected chi connectivity index (χ2v) is 6.77. The number of likely N-dealkylation sites (N-methyl/N-ethyl adjacent to an activating group) is 1. The van der Waals surface area contributed by atoms with E-state index in [4.69, 9.17) is 0 Å². The third-order valence-corrected chi connectivity index (χ3v) is 4.40. The molecule has 25 heavy (non-hydrogen) atoms. The first-order valence-corrected chi connectivity index (χ1v) is 8.84. The van der Waals surface area contributed by atoms with Gasteiger partial charge in [0.2, 0.25) is 11.8 Å². The molecule has 2 amide bonds. The monoisotopic (exact) mass is 354 g/mol. The molecular formula is C20H22N2O2S. The van der Waals surface area contributed by atoms with Gasteiger partial charge in [-0.25, -0.2) is 0 Å². The van der Waals surface area contributed by atoms with Crippen molar-refractivity contribution in [3.8, 4) is 0 Å². The Kier molecular flexibility index (Phi) is 6.83. The van der Waals surface area contributed by atoms with E-state index in [1.807, 2.05) is 62.4 Å². The Morgan fingerprint density at radius 3 is 2.56 bits per heavy atom. The molecule has 0 aliphatic heterocycles. The van der Waals surface area contributed by atoms with Crippen LogP contribution in [0.5, 0.6) is 0 Å². The number of nitrogens with one attached hydrogen (secondary N) is 1. The molecule has 1 N–H and O–H groups in total. The normalized spacial score (nSPS) is 10.7. The van der Waals surface area contributed by atoms with Crippen LogP contribution in [0.1, 0.15) is 11.1 Å². The van der Waals surface area contributed by atoms with E-state index in [-0.39, 0.29) is 18.4 Å². The molecule has 0 spiro atoms. The van der Waals surface area contributed by atoms with E-state index in [9.17, 15) is 9.59 Å². The predicted octanol–water partition coefficient (Wildman–Crippen LogP) is 4.01. The van der Waals surface area contributed by atoms with Crippen LogP contribution in [0, 0.1) is 13.8 Å². The quantitative estimate of drug-likeness (QED) is 0.630. The molecule has 130 valence electrons. The molecule has 0 saturated heterocycles. The summed E-state index contributed by atoms with van der Waals surface area (Å²) in [6.07, 6.45) is 1.48. The van der Waals surface area contributed by atoms with E-state index in [1.54, 1.807) is 12.5 Å². The highest BCUT2D eigenvalue weighted by molar-refractivity contribution is 8.02. The Labute approximate surface area is 152 Å². The van der Waals surface area contributed by atoms with E-state index in [0.29, 0.717) is 0 Å². The van der Waals surface area contributed by atoms with Gasteiger partial charge in [0, 0.05) is 23.7 Å². The molecule has 4 nitrogen and oxygen atoms in total. The summed E-state index contributed by atoms with van der Waals surface area (Å²) in [5, 5.41) is 4.59. The molecule has 0 unspecified atom stereocenters. The van der Waals surface area contributed by atoms with Crippen LogP contribution < -0.4 is 5.32 Å². The van der Waals surface area contributed by atoms with E-state index < -0.39 is 0 Å². The number of hydrogen-bond donors (Lipinski definition) is 1. The molecule has 0 aromatic heterocycles. The SMILES string of the molecule is Cc1ccc(C)c(NC(=O)CN(C)C(=O)/C=C/Sc2ccccc2)c1.